The SMILES string of the molecule is CC(C)CC(C)N(C)C(=O)NCCC(O)C(=O)O. The van der Waals surface area contributed by atoms with Gasteiger partial charge in [-0.05, 0) is 19.3 Å². The van der Waals surface area contributed by atoms with E-state index in [-0.39, 0.29) is 25.0 Å². The molecule has 0 saturated carbocycles. The minimum atomic E-state index is -1.43. The highest BCUT2D eigenvalue weighted by Crippen LogP contribution is 2.09. The fourth-order valence-corrected chi connectivity index (χ4v) is 1.60. The summed E-state index contributed by atoms with van der Waals surface area (Å²) in [6.45, 7) is 6.29. The summed E-state index contributed by atoms with van der Waals surface area (Å²) in [6.07, 6.45) is -0.515. The van der Waals surface area contributed by atoms with Crippen LogP contribution in [0.3, 0.4) is 0 Å². The number of amides is 2. The van der Waals surface area contributed by atoms with Crippen LogP contribution in [0.25, 0.3) is 0 Å². The van der Waals surface area contributed by atoms with Gasteiger partial charge in [-0.25, -0.2) is 9.59 Å². The summed E-state index contributed by atoms with van der Waals surface area (Å²) in [7, 11) is 1.70. The maximum absolute atomic E-state index is 11.7. The molecular formula is C12H24N2O4. The molecule has 0 fully saturated rings. The standard InChI is InChI=1S/C12H24N2O4/c1-8(2)7-9(3)14(4)12(18)13-6-5-10(15)11(16)17/h8-10,15H,5-7H2,1-4H3,(H,13,18)(H,16,17). The molecule has 0 saturated heterocycles. The summed E-state index contributed by atoms with van der Waals surface area (Å²) in [5, 5.41) is 20.1. The molecule has 3 N–H and O–H groups in total. The number of carbonyl (C=O) groups excluding carboxylic acids is 1. The van der Waals surface area contributed by atoms with Crippen molar-refractivity contribution in [2.24, 2.45) is 5.92 Å². The fourth-order valence-electron chi connectivity index (χ4n) is 1.60. The Morgan fingerprint density at radius 1 is 1.28 bits per heavy atom. The van der Waals surface area contributed by atoms with E-state index in [4.69, 9.17) is 10.2 Å². The molecule has 0 aromatic heterocycles. The molecule has 0 rings (SSSR count). The van der Waals surface area contributed by atoms with Crippen LogP contribution in [0.2, 0.25) is 0 Å². The van der Waals surface area contributed by atoms with Gasteiger partial charge in [-0.1, -0.05) is 13.8 Å². The average Bonchev–Trinajstić information content (AvgIpc) is 2.26. The first kappa shape index (κ1) is 16.7. The minimum absolute atomic E-state index is 0.00742. The van der Waals surface area contributed by atoms with Crippen LogP contribution in [0, 0.1) is 5.92 Å². The molecule has 6 heteroatoms. The maximum atomic E-state index is 11.7. The second kappa shape index (κ2) is 7.92. The van der Waals surface area contributed by atoms with E-state index >= 15 is 0 Å². The summed E-state index contributed by atoms with van der Waals surface area (Å²) in [4.78, 5) is 23.7. The smallest absolute Gasteiger partial charge is 0.332 e. The lowest BCUT2D eigenvalue weighted by atomic mass is 10.0. The maximum Gasteiger partial charge on any atom is 0.332 e. The Bertz CT molecular complexity index is 281. The van der Waals surface area contributed by atoms with Crippen molar-refractivity contribution in [1.29, 1.82) is 0 Å². The molecule has 0 aromatic rings. The van der Waals surface area contributed by atoms with Gasteiger partial charge in [0.2, 0.25) is 0 Å². The third kappa shape index (κ3) is 6.44. The van der Waals surface area contributed by atoms with Crippen molar-refractivity contribution in [3.8, 4) is 0 Å². The highest BCUT2D eigenvalue weighted by Gasteiger charge is 2.17. The molecule has 0 heterocycles. The first-order valence-corrected chi connectivity index (χ1v) is 6.17. The highest BCUT2D eigenvalue weighted by molar-refractivity contribution is 5.74. The number of aliphatic hydroxyl groups is 1. The van der Waals surface area contributed by atoms with Crippen molar-refractivity contribution >= 4 is 12.0 Å². The van der Waals surface area contributed by atoms with E-state index < -0.39 is 12.1 Å². The monoisotopic (exact) mass is 260 g/mol. The van der Waals surface area contributed by atoms with Crippen LogP contribution in [0.5, 0.6) is 0 Å². The Hall–Kier alpha value is -1.30. The zero-order chi connectivity index (χ0) is 14.3. The second-order valence-electron chi connectivity index (χ2n) is 4.96. The number of rotatable bonds is 7. The van der Waals surface area contributed by atoms with Gasteiger partial charge < -0.3 is 20.4 Å². The van der Waals surface area contributed by atoms with Crippen molar-refractivity contribution in [3.05, 3.63) is 0 Å². The number of carboxylic acids is 1. The summed E-state index contributed by atoms with van der Waals surface area (Å²) in [5.41, 5.74) is 0. The van der Waals surface area contributed by atoms with Crippen molar-refractivity contribution in [2.45, 2.75) is 45.8 Å². The quantitative estimate of drug-likeness (QED) is 0.634. The molecule has 0 bridgehead atoms. The normalized spacial score (nSPS) is 14.1. The number of nitrogens with zero attached hydrogens (tertiary/aromatic N) is 1. The number of urea groups is 1. The highest BCUT2D eigenvalue weighted by atomic mass is 16.4. The predicted octanol–water partition coefficient (Wildman–Crippen LogP) is 0.898. The lowest BCUT2D eigenvalue weighted by Crippen LogP contribution is -2.43. The lowest BCUT2D eigenvalue weighted by molar-refractivity contribution is -0.146. The number of nitrogens with one attached hydrogen (secondary N) is 1. The topological polar surface area (TPSA) is 89.9 Å². The Morgan fingerprint density at radius 2 is 1.83 bits per heavy atom. The van der Waals surface area contributed by atoms with E-state index in [2.05, 4.69) is 19.2 Å². The predicted molar refractivity (Wildman–Crippen MR) is 68.3 cm³/mol. The molecule has 0 aliphatic rings. The van der Waals surface area contributed by atoms with E-state index in [9.17, 15) is 9.59 Å². The van der Waals surface area contributed by atoms with Crippen molar-refractivity contribution in [3.63, 3.8) is 0 Å². The van der Waals surface area contributed by atoms with Gasteiger partial charge in [0.15, 0.2) is 6.10 Å². The lowest BCUT2D eigenvalue weighted by Gasteiger charge is -2.26. The number of carbonyl (C=O) groups is 2. The molecule has 106 valence electrons. The molecular weight excluding hydrogens is 236 g/mol. The van der Waals surface area contributed by atoms with E-state index in [0.717, 1.165) is 6.42 Å². The van der Waals surface area contributed by atoms with Gasteiger partial charge in [-0.3, -0.25) is 0 Å². The van der Waals surface area contributed by atoms with E-state index in [0.29, 0.717) is 5.92 Å². The number of aliphatic hydroxyl groups excluding tert-OH is 1. The van der Waals surface area contributed by atoms with Gasteiger partial charge in [0.1, 0.15) is 0 Å². The Balaban J connectivity index is 3.98. The van der Waals surface area contributed by atoms with Crippen LogP contribution in [0.15, 0.2) is 0 Å². The van der Waals surface area contributed by atoms with Crippen LogP contribution in [-0.2, 0) is 4.79 Å². The van der Waals surface area contributed by atoms with Crippen LogP contribution in [0.1, 0.15) is 33.6 Å². The first-order valence-electron chi connectivity index (χ1n) is 6.17. The molecule has 2 unspecified atom stereocenters. The number of hydrogen-bond acceptors (Lipinski definition) is 3. The van der Waals surface area contributed by atoms with E-state index in [1.165, 1.54) is 0 Å². The zero-order valence-electron chi connectivity index (χ0n) is 11.5. The molecule has 0 aliphatic carbocycles. The largest absolute Gasteiger partial charge is 0.479 e. The average molecular weight is 260 g/mol. The number of hydrogen-bond donors (Lipinski definition) is 3. The van der Waals surface area contributed by atoms with Gasteiger partial charge in [-0.2, -0.15) is 0 Å². The Kier molecular flexibility index (Phi) is 7.35. The molecule has 0 aromatic carbocycles. The fraction of sp³-hybridized carbons (Fsp3) is 0.833. The summed E-state index contributed by atoms with van der Waals surface area (Å²) in [6, 6.07) is -0.130. The van der Waals surface area contributed by atoms with Crippen molar-refractivity contribution in [1.82, 2.24) is 10.2 Å². The number of aliphatic carboxylic acids is 1. The van der Waals surface area contributed by atoms with Gasteiger partial charge in [0, 0.05) is 26.1 Å². The van der Waals surface area contributed by atoms with Crippen LogP contribution in [0.4, 0.5) is 4.79 Å². The molecule has 0 radical (unpaired) electrons. The Labute approximate surface area is 108 Å². The molecule has 18 heavy (non-hydrogen) atoms. The second-order valence-corrected chi connectivity index (χ2v) is 4.96. The molecule has 6 nitrogen and oxygen atoms in total. The minimum Gasteiger partial charge on any atom is -0.479 e. The molecule has 0 aliphatic heterocycles. The van der Waals surface area contributed by atoms with E-state index in [1.807, 2.05) is 6.92 Å². The first-order chi connectivity index (χ1) is 8.25. The van der Waals surface area contributed by atoms with Gasteiger partial charge in [0.05, 0.1) is 0 Å². The Morgan fingerprint density at radius 3 is 2.28 bits per heavy atom. The van der Waals surface area contributed by atoms with Gasteiger partial charge in [0.25, 0.3) is 0 Å². The third-order valence-electron chi connectivity index (χ3n) is 2.77. The van der Waals surface area contributed by atoms with Gasteiger partial charge in [-0.15, -0.1) is 0 Å². The van der Waals surface area contributed by atoms with Crippen LogP contribution in [-0.4, -0.2) is 52.9 Å². The van der Waals surface area contributed by atoms with Gasteiger partial charge >= 0.3 is 12.0 Å². The summed E-state index contributed by atoms with van der Waals surface area (Å²) >= 11 is 0. The zero-order valence-corrected chi connectivity index (χ0v) is 11.5. The number of carboxylic acid groups (broad SMARTS) is 1. The summed E-state index contributed by atoms with van der Waals surface area (Å²) < 4.78 is 0. The van der Waals surface area contributed by atoms with Crippen molar-refractivity contribution < 1.29 is 19.8 Å². The summed E-state index contributed by atoms with van der Waals surface area (Å²) in [5.74, 6) is -0.769. The van der Waals surface area contributed by atoms with Crippen molar-refractivity contribution in [2.75, 3.05) is 13.6 Å². The van der Waals surface area contributed by atoms with Crippen LogP contribution >= 0.6 is 0 Å². The third-order valence-corrected chi connectivity index (χ3v) is 2.77. The van der Waals surface area contributed by atoms with E-state index in [1.54, 1.807) is 11.9 Å². The molecule has 2 amide bonds. The molecule has 0 spiro atoms. The molecule has 2 atom stereocenters. The van der Waals surface area contributed by atoms with Crippen LogP contribution < -0.4 is 5.32 Å².